The molecule has 132 valence electrons. The summed E-state index contributed by atoms with van der Waals surface area (Å²) in [5.74, 6) is 0.760. The zero-order valence-corrected chi connectivity index (χ0v) is 15.0. The van der Waals surface area contributed by atoms with E-state index in [1.165, 1.54) is 11.1 Å². The number of rotatable bonds is 4. The lowest BCUT2D eigenvalue weighted by Crippen LogP contribution is -2.48. The molecule has 0 bridgehead atoms. The monoisotopic (exact) mass is 345 g/mol. The Morgan fingerprint density at radius 1 is 1.12 bits per heavy atom. The van der Waals surface area contributed by atoms with E-state index < -0.39 is 0 Å². The van der Waals surface area contributed by atoms with Gasteiger partial charge in [-0.15, -0.1) is 0 Å². The van der Waals surface area contributed by atoms with Crippen molar-refractivity contribution in [1.82, 2.24) is 14.3 Å². The van der Waals surface area contributed by atoms with E-state index in [0.717, 1.165) is 36.9 Å². The van der Waals surface area contributed by atoms with Gasteiger partial charge in [-0.3, -0.25) is 4.79 Å². The summed E-state index contributed by atoms with van der Waals surface area (Å²) >= 11 is 0. The van der Waals surface area contributed by atoms with E-state index in [-0.39, 0.29) is 5.91 Å². The van der Waals surface area contributed by atoms with Gasteiger partial charge in [0, 0.05) is 36.2 Å². The molecule has 1 amide bonds. The van der Waals surface area contributed by atoms with Crippen LogP contribution in [0.1, 0.15) is 53.1 Å². The number of aromatic nitrogens is 2. The fourth-order valence-corrected chi connectivity index (χ4v) is 4.29. The number of imidazole rings is 1. The maximum Gasteiger partial charge on any atom is 0.254 e. The molecule has 2 aliphatic rings. The molecule has 2 fully saturated rings. The van der Waals surface area contributed by atoms with E-state index >= 15 is 0 Å². The normalized spacial score (nSPS) is 22.2. The topological polar surface area (TPSA) is 37.6 Å². The van der Waals surface area contributed by atoms with Crippen LogP contribution in [0.3, 0.4) is 0 Å². The van der Waals surface area contributed by atoms with Crippen molar-refractivity contribution in [2.45, 2.75) is 50.6 Å². The number of fused-ring (bicyclic) bond motifs is 1. The third kappa shape index (κ3) is 2.61. The van der Waals surface area contributed by atoms with Crippen LogP contribution in [0.4, 0.5) is 0 Å². The number of carbonyl (C=O) groups excluding carboxylic acids is 1. The van der Waals surface area contributed by atoms with Crippen molar-refractivity contribution in [2.75, 3.05) is 0 Å². The van der Waals surface area contributed by atoms with Crippen LogP contribution in [0.15, 0.2) is 55.0 Å². The first kappa shape index (κ1) is 15.6. The highest BCUT2D eigenvalue weighted by molar-refractivity contribution is 5.95. The quantitative estimate of drug-likeness (QED) is 0.711. The average molecular weight is 345 g/mol. The van der Waals surface area contributed by atoms with Gasteiger partial charge < -0.3 is 9.30 Å². The molecule has 0 radical (unpaired) electrons. The minimum Gasteiger partial charge on any atom is -0.333 e. The Balaban J connectivity index is 1.36. The Morgan fingerprint density at radius 2 is 1.92 bits per heavy atom. The zero-order chi connectivity index (χ0) is 17.7. The molecule has 2 heterocycles. The highest BCUT2D eigenvalue weighted by Gasteiger charge is 2.44. The van der Waals surface area contributed by atoms with E-state index in [1.807, 2.05) is 28.9 Å². The average Bonchev–Trinajstić information content (AvgIpc) is 3.34. The summed E-state index contributed by atoms with van der Waals surface area (Å²) < 4.78 is 1.94. The van der Waals surface area contributed by atoms with Gasteiger partial charge in [0.2, 0.25) is 0 Å². The van der Waals surface area contributed by atoms with Gasteiger partial charge in [0.25, 0.3) is 5.91 Å². The number of aryl methyl sites for hydroxylation is 1. The van der Waals surface area contributed by atoms with Crippen molar-refractivity contribution in [1.29, 1.82) is 0 Å². The van der Waals surface area contributed by atoms with Crippen molar-refractivity contribution >= 4 is 11.6 Å². The van der Waals surface area contributed by atoms with Crippen LogP contribution in [0, 0.1) is 6.92 Å². The number of hydrogen-bond donors (Lipinski definition) is 0. The molecule has 3 aromatic rings. The van der Waals surface area contributed by atoms with Gasteiger partial charge >= 0.3 is 0 Å². The zero-order valence-electron chi connectivity index (χ0n) is 15.0. The van der Waals surface area contributed by atoms with Crippen LogP contribution in [-0.2, 0) is 0 Å². The third-order valence-electron chi connectivity index (χ3n) is 5.95. The number of hydrogen-bond acceptors (Lipinski definition) is 2. The Labute approximate surface area is 153 Å². The minimum absolute atomic E-state index is 0.172. The lowest BCUT2D eigenvalue weighted by molar-refractivity contribution is 0.0516. The molecule has 2 aromatic heterocycles. The lowest BCUT2D eigenvalue weighted by atomic mass is 9.73. The first-order valence-corrected chi connectivity index (χ1v) is 9.51. The van der Waals surface area contributed by atoms with E-state index in [4.69, 9.17) is 0 Å². The summed E-state index contributed by atoms with van der Waals surface area (Å²) in [7, 11) is 0. The predicted octanol–water partition coefficient (Wildman–Crippen LogP) is 4.19. The van der Waals surface area contributed by atoms with Gasteiger partial charge in [0.05, 0.1) is 0 Å². The number of amides is 1. The van der Waals surface area contributed by atoms with Crippen molar-refractivity contribution in [3.05, 3.63) is 71.7 Å². The van der Waals surface area contributed by atoms with Gasteiger partial charge in [-0.2, -0.15) is 0 Å². The maximum absolute atomic E-state index is 13.2. The lowest BCUT2D eigenvalue weighted by Gasteiger charge is -2.44. The molecule has 1 aromatic carbocycles. The highest BCUT2D eigenvalue weighted by atomic mass is 16.2. The molecule has 4 nitrogen and oxygen atoms in total. The van der Waals surface area contributed by atoms with Crippen molar-refractivity contribution in [3.63, 3.8) is 0 Å². The molecule has 0 saturated heterocycles. The van der Waals surface area contributed by atoms with Crippen LogP contribution in [0.25, 0.3) is 5.65 Å². The van der Waals surface area contributed by atoms with Crippen LogP contribution >= 0.6 is 0 Å². The number of carbonyl (C=O) groups is 1. The SMILES string of the molecule is Cc1ccccc1C1CC(N(C(=O)c2ccn3ccnc3c2)C2CC2)C1. The molecule has 0 atom stereocenters. The van der Waals surface area contributed by atoms with Gasteiger partial charge in [-0.25, -0.2) is 4.98 Å². The number of benzene rings is 1. The second kappa shape index (κ2) is 5.97. The van der Waals surface area contributed by atoms with Gasteiger partial charge in [0.1, 0.15) is 5.65 Å². The van der Waals surface area contributed by atoms with Gasteiger partial charge in [0.15, 0.2) is 0 Å². The number of pyridine rings is 1. The van der Waals surface area contributed by atoms with Gasteiger partial charge in [-0.05, 0) is 61.8 Å². The van der Waals surface area contributed by atoms with E-state index in [2.05, 4.69) is 41.1 Å². The van der Waals surface area contributed by atoms with Crippen molar-refractivity contribution in [3.8, 4) is 0 Å². The smallest absolute Gasteiger partial charge is 0.254 e. The Morgan fingerprint density at radius 3 is 2.69 bits per heavy atom. The molecule has 4 heteroatoms. The van der Waals surface area contributed by atoms with Crippen molar-refractivity contribution < 1.29 is 4.79 Å². The van der Waals surface area contributed by atoms with Crippen LogP contribution < -0.4 is 0 Å². The molecule has 5 rings (SSSR count). The second-order valence-electron chi connectivity index (χ2n) is 7.73. The molecule has 0 unspecified atom stereocenters. The summed E-state index contributed by atoms with van der Waals surface area (Å²) in [5, 5.41) is 0. The largest absolute Gasteiger partial charge is 0.333 e. The summed E-state index contributed by atoms with van der Waals surface area (Å²) in [6.07, 6.45) is 10.0. The first-order chi connectivity index (χ1) is 12.7. The fourth-order valence-electron chi connectivity index (χ4n) is 4.29. The Bertz CT molecular complexity index is 966. The molecule has 26 heavy (non-hydrogen) atoms. The highest BCUT2D eigenvalue weighted by Crippen LogP contribution is 2.44. The molecular weight excluding hydrogens is 322 g/mol. The maximum atomic E-state index is 13.2. The third-order valence-corrected chi connectivity index (χ3v) is 5.95. The molecule has 0 spiro atoms. The second-order valence-corrected chi connectivity index (χ2v) is 7.73. The standard InChI is InChI=1S/C22H23N3O/c1-15-4-2-3-5-20(15)17-12-19(13-17)25(18-6-7-18)22(26)16-8-10-24-11-9-23-21(24)14-16/h2-5,8-11,14,17-19H,6-7,12-13H2,1H3. The molecule has 2 aliphatic carbocycles. The van der Waals surface area contributed by atoms with Crippen LogP contribution in [-0.4, -0.2) is 32.3 Å². The minimum atomic E-state index is 0.172. The van der Waals surface area contributed by atoms with E-state index in [9.17, 15) is 4.79 Å². The predicted molar refractivity (Wildman–Crippen MR) is 101 cm³/mol. The summed E-state index contributed by atoms with van der Waals surface area (Å²) in [6, 6.07) is 13.3. The molecule has 2 saturated carbocycles. The summed E-state index contributed by atoms with van der Waals surface area (Å²) in [6.45, 7) is 2.19. The van der Waals surface area contributed by atoms with Gasteiger partial charge in [-0.1, -0.05) is 24.3 Å². The van der Waals surface area contributed by atoms with Crippen LogP contribution in [0.5, 0.6) is 0 Å². The summed E-state index contributed by atoms with van der Waals surface area (Å²) in [4.78, 5) is 19.7. The molecule has 0 N–H and O–H groups in total. The number of nitrogens with zero attached hydrogens (tertiary/aromatic N) is 3. The fraction of sp³-hybridized carbons (Fsp3) is 0.364. The van der Waals surface area contributed by atoms with Crippen LogP contribution in [0.2, 0.25) is 0 Å². The summed E-state index contributed by atoms with van der Waals surface area (Å²) in [5.41, 5.74) is 4.41. The molecular formula is C22H23N3O. The van der Waals surface area contributed by atoms with Crippen molar-refractivity contribution in [2.24, 2.45) is 0 Å². The first-order valence-electron chi connectivity index (χ1n) is 9.51. The Kier molecular flexibility index (Phi) is 3.59. The van der Waals surface area contributed by atoms with E-state index in [0.29, 0.717) is 18.0 Å². The Hall–Kier alpha value is -2.62. The molecule has 0 aliphatic heterocycles. The van der Waals surface area contributed by atoms with E-state index in [1.54, 1.807) is 6.20 Å².